The first-order chi connectivity index (χ1) is 5.34. The number of hydrogen-bond donors (Lipinski definition) is 1. The van der Waals surface area contributed by atoms with Crippen LogP contribution in [0.1, 0.15) is 0 Å². The lowest BCUT2D eigenvalue weighted by Gasteiger charge is -2.13. The highest BCUT2D eigenvalue weighted by molar-refractivity contribution is 5.44. The zero-order valence-electron chi connectivity index (χ0n) is 6.07. The number of hydrazine groups is 1. The lowest BCUT2D eigenvalue weighted by atomic mass is 10.3. The minimum absolute atomic E-state index is 0.212. The second-order valence-electron chi connectivity index (χ2n) is 2.12. The highest BCUT2D eigenvalue weighted by Gasteiger charge is 1.96. The Morgan fingerprint density at radius 2 is 2.00 bits per heavy atom. The van der Waals surface area contributed by atoms with E-state index >= 15 is 0 Å². The molecule has 56 valence electrons. The molecule has 0 radical (unpaired) electrons. The molecular formula is C8H9N3. The van der Waals surface area contributed by atoms with Gasteiger partial charge in [-0.3, -0.25) is 5.01 Å². The van der Waals surface area contributed by atoms with E-state index < -0.39 is 0 Å². The lowest BCUT2D eigenvalue weighted by Crippen LogP contribution is -2.30. The summed E-state index contributed by atoms with van der Waals surface area (Å²) in [4.78, 5) is 0. The Balaban J connectivity index is 2.70. The van der Waals surface area contributed by atoms with E-state index in [4.69, 9.17) is 11.1 Å². The Kier molecular flexibility index (Phi) is 2.47. The van der Waals surface area contributed by atoms with Crippen LogP contribution in [0, 0.1) is 11.3 Å². The minimum Gasteiger partial charge on any atom is -0.297 e. The van der Waals surface area contributed by atoms with Crippen LogP contribution < -0.4 is 10.9 Å². The summed E-state index contributed by atoms with van der Waals surface area (Å²) in [5.74, 6) is 5.52. The Labute approximate surface area is 65.6 Å². The number of anilines is 1. The van der Waals surface area contributed by atoms with Crippen molar-refractivity contribution in [2.24, 2.45) is 5.84 Å². The van der Waals surface area contributed by atoms with Crippen LogP contribution in [-0.4, -0.2) is 6.54 Å². The third kappa shape index (κ3) is 1.95. The maximum atomic E-state index is 8.33. The van der Waals surface area contributed by atoms with E-state index in [1.165, 1.54) is 5.01 Å². The molecule has 0 aliphatic heterocycles. The smallest absolute Gasteiger partial charge is 0.121 e. The molecule has 0 aliphatic carbocycles. The summed E-state index contributed by atoms with van der Waals surface area (Å²) in [6, 6.07) is 11.4. The van der Waals surface area contributed by atoms with Crippen molar-refractivity contribution in [2.45, 2.75) is 0 Å². The molecule has 1 aromatic rings. The monoisotopic (exact) mass is 147 g/mol. The number of para-hydroxylation sites is 1. The van der Waals surface area contributed by atoms with E-state index in [-0.39, 0.29) is 6.54 Å². The number of nitriles is 1. The van der Waals surface area contributed by atoms with Crippen LogP contribution in [0.4, 0.5) is 5.69 Å². The SMILES string of the molecule is N#CCN(N)c1ccccc1. The number of rotatable bonds is 2. The summed E-state index contributed by atoms with van der Waals surface area (Å²) in [6.07, 6.45) is 0. The van der Waals surface area contributed by atoms with Crippen molar-refractivity contribution in [1.29, 1.82) is 5.26 Å². The van der Waals surface area contributed by atoms with Gasteiger partial charge in [-0.15, -0.1) is 0 Å². The van der Waals surface area contributed by atoms with Gasteiger partial charge in [0, 0.05) is 0 Å². The standard InChI is InChI=1S/C8H9N3/c9-6-7-11(10)8-4-2-1-3-5-8/h1-5H,7,10H2. The fourth-order valence-electron chi connectivity index (χ4n) is 0.787. The predicted molar refractivity (Wildman–Crippen MR) is 43.6 cm³/mol. The van der Waals surface area contributed by atoms with Gasteiger partial charge in [0.15, 0.2) is 0 Å². The molecule has 0 unspecified atom stereocenters. The van der Waals surface area contributed by atoms with Crippen molar-refractivity contribution >= 4 is 5.69 Å². The van der Waals surface area contributed by atoms with E-state index in [2.05, 4.69) is 0 Å². The molecule has 2 N–H and O–H groups in total. The van der Waals surface area contributed by atoms with Crippen molar-refractivity contribution in [1.82, 2.24) is 0 Å². The van der Waals surface area contributed by atoms with E-state index in [1.807, 2.05) is 36.4 Å². The maximum Gasteiger partial charge on any atom is 0.121 e. The molecule has 0 atom stereocenters. The first-order valence-electron chi connectivity index (χ1n) is 3.29. The predicted octanol–water partition coefficient (Wildman–Crippen LogP) is 0.890. The molecule has 3 nitrogen and oxygen atoms in total. The minimum atomic E-state index is 0.212. The van der Waals surface area contributed by atoms with Gasteiger partial charge in [-0.25, -0.2) is 5.84 Å². The summed E-state index contributed by atoms with van der Waals surface area (Å²) < 4.78 is 0. The largest absolute Gasteiger partial charge is 0.297 e. The van der Waals surface area contributed by atoms with E-state index in [9.17, 15) is 0 Å². The molecule has 0 saturated heterocycles. The average molecular weight is 147 g/mol. The second kappa shape index (κ2) is 3.59. The highest BCUT2D eigenvalue weighted by Crippen LogP contribution is 2.07. The van der Waals surface area contributed by atoms with Crippen molar-refractivity contribution in [3.8, 4) is 6.07 Å². The first-order valence-corrected chi connectivity index (χ1v) is 3.29. The molecule has 0 aromatic heterocycles. The van der Waals surface area contributed by atoms with Crippen LogP contribution in [0.5, 0.6) is 0 Å². The Morgan fingerprint density at radius 1 is 1.36 bits per heavy atom. The van der Waals surface area contributed by atoms with Gasteiger partial charge < -0.3 is 0 Å². The Bertz CT molecular complexity index is 250. The van der Waals surface area contributed by atoms with Gasteiger partial charge in [-0.05, 0) is 12.1 Å². The summed E-state index contributed by atoms with van der Waals surface area (Å²) in [7, 11) is 0. The maximum absolute atomic E-state index is 8.33. The van der Waals surface area contributed by atoms with Crippen molar-refractivity contribution in [3.63, 3.8) is 0 Å². The normalized spacial score (nSPS) is 8.73. The summed E-state index contributed by atoms with van der Waals surface area (Å²) >= 11 is 0. The van der Waals surface area contributed by atoms with Gasteiger partial charge >= 0.3 is 0 Å². The van der Waals surface area contributed by atoms with Crippen LogP contribution in [0.25, 0.3) is 0 Å². The van der Waals surface area contributed by atoms with Gasteiger partial charge in [0.05, 0.1) is 11.8 Å². The van der Waals surface area contributed by atoms with Crippen LogP contribution in [0.2, 0.25) is 0 Å². The molecule has 0 fully saturated rings. The molecule has 0 bridgehead atoms. The Hall–Kier alpha value is -1.53. The molecule has 11 heavy (non-hydrogen) atoms. The third-order valence-electron chi connectivity index (χ3n) is 1.33. The van der Waals surface area contributed by atoms with Crippen LogP contribution >= 0.6 is 0 Å². The molecule has 0 saturated carbocycles. The number of nitrogens with zero attached hydrogens (tertiary/aromatic N) is 2. The molecule has 0 amide bonds. The van der Waals surface area contributed by atoms with Crippen molar-refractivity contribution < 1.29 is 0 Å². The lowest BCUT2D eigenvalue weighted by molar-refractivity contribution is 0.946. The fraction of sp³-hybridized carbons (Fsp3) is 0.125. The molecule has 1 aromatic carbocycles. The third-order valence-corrected chi connectivity index (χ3v) is 1.33. The summed E-state index contributed by atoms with van der Waals surface area (Å²) in [5, 5.41) is 9.73. The quantitative estimate of drug-likeness (QED) is 0.384. The first kappa shape index (κ1) is 7.58. The zero-order chi connectivity index (χ0) is 8.10. The van der Waals surface area contributed by atoms with Gasteiger partial charge in [-0.1, -0.05) is 18.2 Å². The van der Waals surface area contributed by atoms with Crippen LogP contribution in [0.15, 0.2) is 30.3 Å². The van der Waals surface area contributed by atoms with Gasteiger partial charge in [0.25, 0.3) is 0 Å². The van der Waals surface area contributed by atoms with Gasteiger partial charge in [0.2, 0.25) is 0 Å². The number of hydrogen-bond acceptors (Lipinski definition) is 3. The molecule has 0 spiro atoms. The van der Waals surface area contributed by atoms with Crippen molar-refractivity contribution in [2.75, 3.05) is 11.6 Å². The number of benzene rings is 1. The van der Waals surface area contributed by atoms with Crippen LogP contribution in [-0.2, 0) is 0 Å². The van der Waals surface area contributed by atoms with E-state index in [0.29, 0.717) is 0 Å². The summed E-state index contributed by atoms with van der Waals surface area (Å²) in [6.45, 7) is 0.212. The van der Waals surface area contributed by atoms with Gasteiger partial charge in [0.1, 0.15) is 6.54 Å². The van der Waals surface area contributed by atoms with Crippen LogP contribution in [0.3, 0.4) is 0 Å². The van der Waals surface area contributed by atoms with Crippen molar-refractivity contribution in [3.05, 3.63) is 30.3 Å². The fourth-order valence-corrected chi connectivity index (χ4v) is 0.787. The molecule has 0 heterocycles. The average Bonchev–Trinajstić information content (AvgIpc) is 2.07. The van der Waals surface area contributed by atoms with E-state index in [0.717, 1.165) is 5.69 Å². The van der Waals surface area contributed by atoms with E-state index in [1.54, 1.807) is 0 Å². The zero-order valence-corrected chi connectivity index (χ0v) is 6.07. The highest BCUT2D eigenvalue weighted by atomic mass is 15.4. The molecule has 0 aliphatic rings. The van der Waals surface area contributed by atoms with Gasteiger partial charge in [-0.2, -0.15) is 5.26 Å². The molecular weight excluding hydrogens is 138 g/mol. The number of nitrogens with two attached hydrogens (primary N) is 1. The molecule has 3 heteroatoms. The summed E-state index contributed by atoms with van der Waals surface area (Å²) in [5.41, 5.74) is 0.856. The Morgan fingerprint density at radius 3 is 2.55 bits per heavy atom. The molecule has 1 rings (SSSR count). The second-order valence-corrected chi connectivity index (χ2v) is 2.12. The topological polar surface area (TPSA) is 53.0 Å².